The fraction of sp³-hybridized carbons (Fsp3) is 0.286. The van der Waals surface area contributed by atoms with Crippen molar-refractivity contribution >= 4 is 21.4 Å². The van der Waals surface area contributed by atoms with E-state index in [2.05, 4.69) is 5.10 Å². The zero-order chi connectivity index (χ0) is 20.9. The third-order valence-corrected chi connectivity index (χ3v) is 7.31. The van der Waals surface area contributed by atoms with E-state index < -0.39 is 15.8 Å². The molecule has 0 atom stereocenters. The molecule has 0 N–H and O–H groups in total. The van der Waals surface area contributed by atoms with Crippen molar-refractivity contribution in [3.05, 3.63) is 59.7 Å². The molecule has 29 heavy (non-hydrogen) atoms. The van der Waals surface area contributed by atoms with Crippen molar-refractivity contribution in [2.24, 2.45) is 7.05 Å². The Morgan fingerprint density at radius 2 is 1.72 bits per heavy atom. The van der Waals surface area contributed by atoms with Gasteiger partial charge in [0.15, 0.2) is 0 Å². The summed E-state index contributed by atoms with van der Waals surface area (Å²) in [5.74, 6) is -0.420. The molecule has 0 saturated heterocycles. The van der Waals surface area contributed by atoms with Gasteiger partial charge >= 0.3 is 0 Å². The topological polar surface area (TPSA) is 58.4 Å². The number of hydrogen-bond acceptors (Lipinski definition) is 4. The number of rotatable bonds is 3. The molecule has 1 aliphatic heterocycles. The van der Waals surface area contributed by atoms with E-state index in [1.807, 2.05) is 19.3 Å². The average Bonchev–Trinajstić information content (AvgIpc) is 3.10. The third kappa shape index (κ3) is 3.17. The van der Waals surface area contributed by atoms with Gasteiger partial charge in [-0.3, -0.25) is 8.99 Å². The van der Waals surface area contributed by atoms with Gasteiger partial charge in [0.2, 0.25) is 0 Å². The van der Waals surface area contributed by atoms with Gasteiger partial charge in [-0.25, -0.2) is 12.8 Å². The van der Waals surface area contributed by atoms with Crippen molar-refractivity contribution in [2.45, 2.75) is 18.7 Å². The first-order chi connectivity index (χ1) is 13.7. The lowest BCUT2D eigenvalue weighted by atomic mass is 10.1. The number of hydrogen-bond donors (Lipinski definition) is 0. The van der Waals surface area contributed by atoms with Crippen molar-refractivity contribution in [2.75, 3.05) is 29.3 Å². The van der Waals surface area contributed by atoms with E-state index in [0.29, 0.717) is 23.5 Å². The number of nitrogens with zero attached hydrogens (tertiary/aromatic N) is 4. The van der Waals surface area contributed by atoms with Gasteiger partial charge in [0.25, 0.3) is 10.0 Å². The number of benzene rings is 2. The van der Waals surface area contributed by atoms with Crippen molar-refractivity contribution in [3.8, 4) is 11.1 Å². The molecular formula is C21H23FN4O2S. The number of halogens is 1. The minimum Gasteiger partial charge on any atom is -0.369 e. The lowest BCUT2D eigenvalue weighted by Crippen LogP contribution is -2.43. The molecule has 0 saturated carbocycles. The predicted molar refractivity (Wildman–Crippen MR) is 112 cm³/mol. The van der Waals surface area contributed by atoms with Crippen LogP contribution in [-0.2, 0) is 17.1 Å². The van der Waals surface area contributed by atoms with Crippen LogP contribution in [-0.4, -0.2) is 38.3 Å². The largest absolute Gasteiger partial charge is 0.369 e. The quantitative estimate of drug-likeness (QED) is 0.658. The molecule has 152 valence electrons. The van der Waals surface area contributed by atoms with Crippen LogP contribution >= 0.6 is 0 Å². The number of anilines is 2. The van der Waals surface area contributed by atoms with Crippen LogP contribution in [0.4, 0.5) is 15.8 Å². The van der Waals surface area contributed by atoms with Crippen molar-refractivity contribution < 1.29 is 12.8 Å². The maximum absolute atomic E-state index is 14.5. The van der Waals surface area contributed by atoms with E-state index in [1.165, 1.54) is 10.4 Å². The maximum atomic E-state index is 14.5. The van der Waals surface area contributed by atoms with Gasteiger partial charge in [0, 0.05) is 32.4 Å². The zero-order valence-electron chi connectivity index (χ0n) is 16.8. The summed E-state index contributed by atoms with van der Waals surface area (Å²) in [7, 11) is -0.232. The standard InChI is InChI=1S/C21H23FN4O2S/c1-14-5-7-18(22)21-20(14)26(10-9-24(21)3)29(27,28)19-8-6-16(11-15(19)2)17-12-23-25(4)13-17/h5-8,11-13H,9-10H2,1-4H3. The van der Waals surface area contributed by atoms with Gasteiger partial charge in [0.1, 0.15) is 5.82 Å². The van der Waals surface area contributed by atoms with Crippen LogP contribution in [0.1, 0.15) is 11.1 Å². The summed E-state index contributed by atoms with van der Waals surface area (Å²) < 4.78 is 44.7. The van der Waals surface area contributed by atoms with Crippen LogP contribution in [0.2, 0.25) is 0 Å². The number of sulfonamides is 1. The van der Waals surface area contributed by atoms with Crippen LogP contribution < -0.4 is 9.21 Å². The predicted octanol–water partition coefficient (Wildman–Crippen LogP) is 3.49. The van der Waals surface area contributed by atoms with Crippen molar-refractivity contribution in [3.63, 3.8) is 0 Å². The zero-order valence-corrected chi connectivity index (χ0v) is 17.7. The lowest BCUT2D eigenvalue weighted by molar-refractivity contribution is 0.585. The van der Waals surface area contributed by atoms with E-state index in [0.717, 1.165) is 16.7 Å². The average molecular weight is 415 g/mol. The van der Waals surface area contributed by atoms with Gasteiger partial charge in [0.05, 0.1) is 29.0 Å². The first kappa shape index (κ1) is 19.4. The summed E-state index contributed by atoms with van der Waals surface area (Å²) in [5.41, 5.74) is 3.92. The van der Waals surface area contributed by atoms with Crippen LogP contribution in [0.15, 0.2) is 47.6 Å². The Bertz CT molecular complexity index is 1200. The van der Waals surface area contributed by atoms with Crippen molar-refractivity contribution in [1.82, 2.24) is 9.78 Å². The summed E-state index contributed by atoms with van der Waals surface area (Å²) in [4.78, 5) is 1.99. The monoisotopic (exact) mass is 414 g/mol. The van der Waals surface area contributed by atoms with Crippen LogP contribution in [0.5, 0.6) is 0 Å². The van der Waals surface area contributed by atoms with E-state index >= 15 is 0 Å². The molecule has 0 aliphatic carbocycles. The summed E-state index contributed by atoms with van der Waals surface area (Å²) in [6, 6.07) is 8.26. The van der Waals surface area contributed by atoms with Crippen LogP contribution in [0, 0.1) is 19.7 Å². The Morgan fingerprint density at radius 3 is 2.38 bits per heavy atom. The second-order valence-electron chi connectivity index (χ2n) is 7.44. The molecule has 4 rings (SSSR count). The van der Waals surface area contributed by atoms with Gasteiger partial charge in [-0.1, -0.05) is 12.1 Å². The van der Waals surface area contributed by atoms with Gasteiger partial charge in [-0.05, 0) is 48.7 Å². The molecule has 6 nitrogen and oxygen atoms in total. The Hall–Kier alpha value is -2.87. The maximum Gasteiger partial charge on any atom is 0.264 e. The molecule has 1 aliphatic rings. The molecule has 0 radical (unpaired) electrons. The second kappa shape index (κ2) is 6.88. The Balaban J connectivity index is 1.81. The minimum atomic E-state index is -3.84. The molecule has 0 fully saturated rings. The van der Waals surface area contributed by atoms with Crippen LogP contribution in [0.3, 0.4) is 0 Å². The molecule has 3 aromatic rings. The minimum absolute atomic E-state index is 0.226. The smallest absolute Gasteiger partial charge is 0.264 e. The van der Waals surface area contributed by atoms with Crippen LogP contribution in [0.25, 0.3) is 11.1 Å². The summed E-state index contributed by atoms with van der Waals surface area (Å²) in [6.45, 7) is 4.26. The molecule has 2 aromatic carbocycles. The Morgan fingerprint density at radius 1 is 0.966 bits per heavy atom. The Kier molecular flexibility index (Phi) is 4.61. The molecule has 0 spiro atoms. The molecule has 0 amide bonds. The highest BCUT2D eigenvalue weighted by Crippen LogP contribution is 2.40. The highest BCUT2D eigenvalue weighted by atomic mass is 32.2. The van der Waals surface area contributed by atoms with E-state index in [-0.39, 0.29) is 11.4 Å². The first-order valence-corrected chi connectivity index (χ1v) is 10.8. The SMILES string of the molecule is Cc1cc(-c2cnn(C)c2)ccc1S(=O)(=O)N1CCN(C)c2c(F)ccc(C)c21. The van der Waals surface area contributed by atoms with Gasteiger partial charge in [-0.15, -0.1) is 0 Å². The number of likely N-dealkylation sites (N-methyl/N-ethyl adjacent to an activating group) is 1. The van der Waals surface area contributed by atoms with E-state index in [4.69, 9.17) is 0 Å². The molecule has 0 bridgehead atoms. The highest BCUT2D eigenvalue weighted by molar-refractivity contribution is 7.93. The van der Waals surface area contributed by atoms with E-state index in [1.54, 1.807) is 54.9 Å². The summed E-state index contributed by atoms with van der Waals surface area (Å²) in [5, 5.41) is 4.17. The molecular weight excluding hydrogens is 391 g/mol. The summed E-state index contributed by atoms with van der Waals surface area (Å²) in [6.07, 6.45) is 3.62. The highest BCUT2D eigenvalue weighted by Gasteiger charge is 2.34. The molecule has 0 unspecified atom stereocenters. The third-order valence-electron chi connectivity index (χ3n) is 5.35. The second-order valence-corrected chi connectivity index (χ2v) is 9.27. The Labute approximate surface area is 170 Å². The first-order valence-electron chi connectivity index (χ1n) is 9.33. The lowest BCUT2D eigenvalue weighted by Gasteiger charge is -2.37. The normalized spacial score (nSPS) is 14.2. The molecule has 8 heteroatoms. The van der Waals surface area contributed by atoms with Gasteiger partial charge < -0.3 is 4.90 Å². The fourth-order valence-electron chi connectivity index (χ4n) is 3.85. The number of fused-ring (bicyclic) bond motifs is 1. The number of aryl methyl sites for hydroxylation is 3. The number of aromatic nitrogens is 2. The van der Waals surface area contributed by atoms with E-state index in [9.17, 15) is 12.8 Å². The summed E-state index contributed by atoms with van der Waals surface area (Å²) >= 11 is 0. The molecule has 2 heterocycles. The van der Waals surface area contributed by atoms with Crippen molar-refractivity contribution in [1.29, 1.82) is 0 Å². The van der Waals surface area contributed by atoms with Gasteiger partial charge in [-0.2, -0.15) is 5.10 Å². The molecule has 1 aromatic heterocycles. The fourth-order valence-corrected chi connectivity index (χ4v) is 5.58.